The molecule has 2 aromatic rings. The molecule has 0 bridgehead atoms. The van der Waals surface area contributed by atoms with Gasteiger partial charge in [0.15, 0.2) is 5.52 Å². The Morgan fingerprint density at radius 2 is 2.06 bits per heavy atom. The summed E-state index contributed by atoms with van der Waals surface area (Å²) in [6, 6.07) is 0.0823. The van der Waals surface area contributed by atoms with Gasteiger partial charge in [0.05, 0.1) is 6.54 Å². The Bertz CT molecular complexity index is 1140. The molecule has 0 aliphatic carbocycles. The molecule has 0 spiro atoms. The minimum absolute atomic E-state index is 0.0284. The van der Waals surface area contributed by atoms with Crippen LogP contribution in [0.3, 0.4) is 0 Å². The Kier molecular flexibility index (Phi) is 7.25. The maximum absolute atomic E-state index is 12.7. The SMILES string of the molecule is O=C(O)C(F)(F)F.[C-]#[N+]c1nc2nc(N3CCCC(N)C3)n(CC#CC)c2c(=O)n1C. The zero-order valence-electron chi connectivity index (χ0n) is 16.8. The first kappa shape index (κ1) is 23.7. The molecule has 3 N–H and O–H groups in total. The molecule has 0 amide bonds. The van der Waals surface area contributed by atoms with Crippen molar-refractivity contribution < 1.29 is 23.1 Å². The highest BCUT2D eigenvalue weighted by atomic mass is 19.4. The number of hydrogen-bond acceptors (Lipinski definition) is 6. The van der Waals surface area contributed by atoms with Crippen molar-refractivity contribution in [2.75, 3.05) is 18.0 Å². The van der Waals surface area contributed by atoms with Crippen LogP contribution in [-0.4, -0.2) is 55.5 Å². The Morgan fingerprint density at radius 1 is 1.42 bits per heavy atom. The third-order valence-corrected chi connectivity index (χ3v) is 4.44. The number of aromatic nitrogens is 4. The van der Waals surface area contributed by atoms with Gasteiger partial charge in [-0.05, 0) is 19.8 Å². The molecular weight excluding hydrogens is 419 g/mol. The predicted octanol–water partition coefficient (Wildman–Crippen LogP) is 1.26. The van der Waals surface area contributed by atoms with Crippen molar-refractivity contribution in [1.29, 1.82) is 0 Å². The fourth-order valence-electron chi connectivity index (χ4n) is 2.98. The van der Waals surface area contributed by atoms with Crippen molar-refractivity contribution in [3.05, 3.63) is 21.8 Å². The lowest BCUT2D eigenvalue weighted by Gasteiger charge is -2.31. The van der Waals surface area contributed by atoms with Crippen molar-refractivity contribution in [2.24, 2.45) is 12.8 Å². The molecule has 1 atom stereocenters. The molecular formula is C18H20F3N7O3. The van der Waals surface area contributed by atoms with Gasteiger partial charge < -0.3 is 20.6 Å². The van der Waals surface area contributed by atoms with Crippen molar-refractivity contribution in [2.45, 2.75) is 38.5 Å². The number of halogens is 3. The summed E-state index contributed by atoms with van der Waals surface area (Å²) in [5.74, 6) is 3.75. The van der Waals surface area contributed by atoms with Crippen molar-refractivity contribution >= 4 is 29.0 Å². The Balaban J connectivity index is 0.000000423. The first-order chi connectivity index (χ1) is 14.5. The number of anilines is 1. The number of alkyl halides is 3. The minimum Gasteiger partial charge on any atom is -0.475 e. The number of carboxylic acid groups (broad SMARTS) is 1. The highest BCUT2D eigenvalue weighted by Crippen LogP contribution is 2.23. The van der Waals surface area contributed by atoms with E-state index in [2.05, 4.69) is 31.6 Å². The van der Waals surface area contributed by atoms with E-state index in [0.717, 1.165) is 19.4 Å². The van der Waals surface area contributed by atoms with Gasteiger partial charge in [-0.25, -0.2) is 9.59 Å². The quantitative estimate of drug-likeness (QED) is 0.533. The number of imidazole rings is 1. The maximum atomic E-state index is 12.7. The van der Waals surface area contributed by atoms with Crippen molar-refractivity contribution in [3.8, 4) is 11.8 Å². The van der Waals surface area contributed by atoms with Gasteiger partial charge >= 0.3 is 23.7 Å². The lowest BCUT2D eigenvalue weighted by molar-refractivity contribution is -0.192. The molecule has 1 aliphatic heterocycles. The number of hydrogen-bond donors (Lipinski definition) is 2. The van der Waals surface area contributed by atoms with Crippen LogP contribution in [0.4, 0.5) is 25.1 Å². The zero-order chi connectivity index (χ0) is 23.3. The summed E-state index contributed by atoms with van der Waals surface area (Å²) in [7, 11) is 1.54. The smallest absolute Gasteiger partial charge is 0.475 e. The summed E-state index contributed by atoms with van der Waals surface area (Å²) in [4.78, 5) is 35.7. The second kappa shape index (κ2) is 9.49. The summed E-state index contributed by atoms with van der Waals surface area (Å²) in [5.41, 5.74) is 6.46. The number of fused-ring (bicyclic) bond motifs is 1. The Hall–Kier alpha value is -3.58. The van der Waals surface area contributed by atoms with Crippen LogP contribution in [0.15, 0.2) is 4.79 Å². The number of aliphatic carboxylic acids is 1. The lowest BCUT2D eigenvalue weighted by Crippen LogP contribution is -2.44. The molecule has 1 aliphatic rings. The number of rotatable bonds is 2. The summed E-state index contributed by atoms with van der Waals surface area (Å²) < 4.78 is 34.8. The van der Waals surface area contributed by atoms with Gasteiger partial charge in [0.2, 0.25) is 11.6 Å². The third-order valence-electron chi connectivity index (χ3n) is 4.44. The van der Waals surface area contributed by atoms with Crippen LogP contribution < -0.4 is 16.2 Å². The molecule has 1 fully saturated rings. The number of carboxylic acids is 1. The second-order valence-electron chi connectivity index (χ2n) is 6.64. The molecule has 1 saturated heterocycles. The molecule has 166 valence electrons. The molecule has 0 aromatic carbocycles. The molecule has 3 heterocycles. The average molecular weight is 439 g/mol. The van der Waals surface area contributed by atoms with E-state index >= 15 is 0 Å². The van der Waals surface area contributed by atoms with E-state index in [1.165, 1.54) is 4.57 Å². The van der Waals surface area contributed by atoms with Crippen LogP contribution in [0.25, 0.3) is 16.0 Å². The second-order valence-corrected chi connectivity index (χ2v) is 6.64. The van der Waals surface area contributed by atoms with Crippen LogP contribution in [0.5, 0.6) is 0 Å². The van der Waals surface area contributed by atoms with Gasteiger partial charge in [-0.1, -0.05) is 5.92 Å². The molecule has 13 heteroatoms. The van der Waals surface area contributed by atoms with E-state index in [9.17, 15) is 18.0 Å². The van der Waals surface area contributed by atoms with Crippen LogP contribution in [0, 0.1) is 18.4 Å². The van der Waals surface area contributed by atoms with E-state index in [1.54, 1.807) is 18.5 Å². The lowest BCUT2D eigenvalue weighted by atomic mass is 10.1. The third kappa shape index (κ3) is 5.32. The summed E-state index contributed by atoms with van der Waals surface area (Å²) in [5, 5.41) is 7.12. The van der Waals surface area contributed by atoms with Crippen LogP contribution in [0.2, 0.25) is 0 Å². The van der Waals surface area contributed by atoms with Gasteiger partial charge in [-0.3, -0.25) is 9.13 Å². The zero-order valence-corrected chi connectivity index (χ0v) is 16.8. The first-order valence-electron chi connectivity index (χ1n) is 9.06. The first-order valence-corrected chi connectivity index (χ1v) is 9.06. The van der Waals surface area contributed by atoms with E-state index in [0.29, 0.717) is 24.6 Å². The standard InChI is InChI=1S/C16H19N7O.C2HF3O2/c1-4-5-9-23-12-13(19-15(18-2)21(3)14(12)24)20-16(23)22-8-6-7-11(17)10-22;3-2(4,5)1(6)7/h11H,6-10,17H2,1,3H3;(H,6,7). The average Bonchev–Trinajstić information content (AvgIpc) is 3.07. The fraction of sp³-hybridized carbons (Fsp3) is 0.500. The monoisotopic (exact) mass is 439 g/mol. The highest BCUT2D eigenvalue weighted by molar-refractivity contribution is 5.76. The highest BCUT2D eigenvalue weighted by Gasteiger charge is 2.38. The van der Waals surface area contributed by atoms with Crippen molar-refractivity contribution in [3.63, 3.8) is 0 Å². The van der Waals surface area contributed by atoms with E-state index < -0.39 is 12.1 Å². The topological polar surface area (TPSA) is 124 Å². The largest absolute Gasteiger partial charge is 0.490 e. The van der Waals surface area contributed by atoms with Crippen LogP contribution in [0.1, 0.15) is 19.8 Å². The van der Waals surface area contributed by atoms with Crippen molar-refractivity contribution in [1.82, 2.24) is 19.1 Å². The predicted molar refractivity (Wildman–Crippen MR) is 106 cm³/mol. The fourth-order valence-corrected chi connectivity index (χ4v) is 2.98. The Morgan fingerprint density at radius 3 is 2.58 bits per heavy atom. The van der Waals surface area contributed by atoms with E-state index in [4.69, 9.17) is 22.2 Å². The number of carbonyl (C=O) groups is 1. The number of piperidine rings is 1. The van der Waals surface area contributed by atoms with Crippen LogP contribution >= 0.6 is 0 Å². The normalized spacial score (nSPS) is 16.0. The minimum atomic E-state index is -5.08. The van der Waals surface area contributed by atoms with Crippen LogP contribution in [-0.2, 0) is 18.4 Å². The number of nitrogens with zero attached hydrogens (tertiary/aromatic N) is 6. The maximum Gasteiger partial charge on any atom is 0.490 e. The molecule has 0 saturated carbocycles. The van der Waals surface area contributed by atoms with Gasteiger partial charge in [-0.15, -0.1) is 17.5 Å². The molecule has 3 rings (SSSR count). The summed E-state index contributed by atoms with van der Waals surface area (Å²) in [6.07, 6.45) is -3.13. The molecule has 1 unspecified atom stereocenters. The van der Waals surface area contributed by atoms with Gasteiger partial charge in [0.1, 0.15) is 0 Å². The van der Waals surface area contributed by atoms with Gasteiger partial charge in [0.25, 0.3) is 0 Å². The van der Waals surface area contributed by atoms with E-state index in [-0.39, 0.29) is 23.2 Å². The molecule has 31 heavy (non-hydrogen) atoms. The molecule has 2 aromatic heterocycles. The Labute approximate surface area is 174 Å². The number of nitrogens with two attached hydrogens (primary N) is 1. The molecule has 10 nitrogen and oxygen atoms in total. The van der Waals surface area contributed by atoms with E-state index in [1.807, 2.05) is 0 Å². The van der Waals surface area contributed by atoms with Gasteiger partial charge in [0, 0.05) is 26.2 Å². The summed E-state index contributed by atoms with van der Waals surface area (Å²) in [6.45, 7) is 10.8. The van der Waals surface area contributed by atoms with Gasteiger partial charge in [-0.2, -0.15) is 18.2 Å². The summed E-state index contributed by atoms with van der Waals surface area (Å²) >= 11 is 0. The molecule has 0 radical (unpaired) electrons.